The number of carbonyl (C=O) groups is 3. The normalized spacial score (nSPS) is 10.4. The van der Waals surface area contributed by atoms with E-state index in [1.54, 1.807) is 48.5 Å². The lowest BCUT2D eigenvalue weighted by Gasteiger charge is -2.12. The summed E-state index contributed by atoms with van der Waals surface area (Å²) in [5, 5.41) is 5.72. The minimum Gasteiger partial charge on any atom is -0.366 e. The smallest absolute Gasteiger partial charge is 0.255 e. The summed E-state index contributed by atoms with van der Waals surface area (Å²) in [5.41, 5.74) is 7.92. The van der Waals surface area contributed by atoms with Crippen molar-refractivity contribution in [1.29, 1.82) is 0 Å². The molecular formula is C22H17BrClN3O3. The van der Waals surface area contributed by atoms with E-state index in [9.17, 15) is 14.4 Å². The van der Waals surface area contributed by atoms with Gasteiger partial charge >= 0.3 is 0 Å². The Hall–Kier alpha value is -3.16. The predicted octanol–water partition coefficient (Wildman–Crippen LogP) is 5.01. The molecule has 0 fully saturated rings. The zero-order valence-electron chi connectivity index (χ0n) is 15.8. The lowest BCUT2D eigenvalue weighted by molar-refractivity contribution is 0.0995. The monoisotopic (exact) mass is 485 g/mol. The van der Waals surface area contributed by atoms with Crippen molar-refractivity contribution in [3.63, 3.8) is 0 Å². The molecule has 0 saturated heterocycles. The number of primary amides is 1. The molecule has 0 atom stereocenters. The van der Waals surface area contributed by atoms with E-state index in [0.29, 0.717) is 22.5 Å². The first-order chi connectivity index (χ1) is 14.2. The standard InChI is InChI=1S/C22H17BrClN3O3/c1-12-2-3-14(10-19(12)27-21(29)13-4-6-15(23)7-5-13)22(30)26-16-8-9-18(24)17(11-16)20(25)28/h2-11H,1H3,(H2,25,28)(H,26,30)(H,27,29). The number of halogens is 2. The molecule has 0 aliphatic rings. The van der Waals surface area contributed by atoms with Gasteiger partial charge in [-0.2, -0.15) is 0 Å². The maximum absolute atomic E-state index is 12.7. The third kappa shape index (κ3) is 5.06. The maximum Gasteiger partial charge on any atom is 0.255 e. The first-order valence-corrected chi connectivity index (χ1v) is 10.00. The Labute approximate surface area is 186 Å². The predicted molar refractivity (Wildman–Crippen MR) is 121 cm³/mol. The number of nitrogens with two attached hydrogens (primary N) is 1. The van der Waals surface area contributed by atoms with Crippen molar-refractivity contribution in [1.82, 2.24) is 0 Å². The molecule has 0 spiro atoms. The highest BCUT2D eigenvalue weighted by atomic mass is 79.9. The topological polar surface area (TPSA) is 101 Å². The number of hydrogen-bond acceptors (Lipinski definition) is 3. The lowest BCUT2D eigenvalue weighted by atomic mass is 10.1. The maximum atomic E-state index is 12.7. The molecule has 0 radical (unpaired) electrons. The number of aryl methyl sites for hydroxylation is 1. The van der Waals surface area contributed by atoms with E-state index in [2.05, 4.69) is 26.6 Å². The second-order valence-corrected chi connectivity index (χ2v) is 7.83. The molecule has 8 heteroatoms. The molecule has 0 heterocycles. The second-order valence-electron chi connectivity index (χ2n) is 6.50. The molecule has 0 saturated carbocycles. The highest BCUT2D eigenvalue weighted by Crippen LogP contribution is 2.22. The zero-order chi connectivity index (χ0) is 21.8. The summed E-state index contributed by atoms with van der Waals surface area (Å²) in [5.74, 6) is -1.39. The van der Waals surface area contributed by atoms with Crippen LogP contribution in [-0.2, 0) is 0 Å². The van der Waals surface area contributed by atoms with Crippen molar-refractivity contribution in [2.75, 3.05) is 10.6 Å². The Morgan fingerprint density at radius 1 is 0.867 bits per heavy atom. The zero-order valence-corrected chi connectivity index (χ0v) is 18.2. The summed E-state index contributed by atoms with van der Waals surface area (Å²) in [6, 6.07) is 16.4. The fourth-order valence-corrected chi connectivity index (χ4v) is 3.16. The molecule has 152 valence electrons. The van der Waals surface area contributed by atoms with E-state index in [-0.39, 0.29) is 16.5 Å². The molecule has 3 aromatic rings. The average Bonchev–Trinajstić information content (AvgIpc) is 2.71. The van der Waals surface area contributed by atoms with Crippen molar-refractivity contribution in [2.24, 2.45) is 5.73 Å². The van der Waals surface area contributed by atoms with Crippen LogP contribution in [0.4, 0.5) is 11.4 Å². The van der Waals surface area contributed by atoms with Crippen LogP contribution in [0.25, 0.3) is 0 Å². The van der Waals surface area contributed by atoms with Crippen LogP contribution >= 0.6 is 27.5 Å². The number of anilines is 2. The summed E-state index contributed by atoms with van der Waals surface area (Å²) in [7, 11) is 0. The van der Waals surface area contributed by atoms with E-state index in [0.717, 1.165) is 10.0 Å². The van der Waals surface area contributed by atoms with Crippen LogP contribution in [-0.4, -0.2) is 17.7 Å². The molecule has 4 N–H and O–H groups in total. The van der Waals surface area contributed by atoms with Crippen LogP contribution in [0.3, 0.4) is 0 Å². The largest absolute Gasteiger partial charge is 0.366 e. The van der Waals surface area contributed by atoms with Gasteiger partial charge in [0.05, 0.1) is 10.6 Å². The molecule has 3 aromatic carbocycles. The average molecular weight is 487 g/mol. The fourth-order valence-electron chi connectivity index (χ4n) is 2.69. The summed E-state index contributed by atoms with van der Waals surface area (Å²) < 4.78 is 0.871. The molecular weight excluding hydrogens is 470 g/mol. The van der Waals surface area contributed by atoms with Gasteiger partial charge in [-0.1, -0.05) is 33.6 Å². The Bertz CT molecular complexity index is 1150. The number of benzene rings is 3. The SMILES string of the molecule is Cc1ccc(C(=O)Nc2ccc(Cl)c(C(N)=O)c2)cc1NC(=O)c1ccc(Br)cc1. The van der Waals surface area contributed by atoms with E-state index in [1.807, 2.05) is 6.92 Å². The molecule has 0 aromatic heterocycles. The Morgan fingerprint density at radius 3 is 2.17 bits per heavy atom. The van der Waals surface area contributed by atoms with Crippen LogP contribution in [0.2, 0.25) is 5.02 Å². The van der Waals surface area contributed by atoms with E-state index in [1.165, 1.54) is 12.1 Å². The van der Waals surface area contributed by atoms with Crippen molar-refractivity contribution in [3.05, 3.63) is 92.4 Å². The molecule has 3 amide bonds. The third-order valence-corrected chi connectivity index (χ3v) is 5.20. The molecule has 6 nitrogen and oxygen atoms in total. The van der Waals surface area contributed by atoms with Gasteiger partial charge in [0.1, 0.15) is 0 Å². The van der Waals surface area contributed by atoms with Gasteiger partial charge in [-0.05, 0) is 67.1 Å². The minimum atomic E-state index is -0.690. The molecule has 0 unspecified atom stereocenters. The summed E-state index contributed by atoms with van der Waals surface area (Å²) in [6.45, 7) is 1.83. The van der Waals surface area contributed by atoms with Gasteiger partial charge in [0.15, 0.2) is 0 Å². The van der Waals surface area contributed by atoms with Gasteiger partial charge < -0.3 is 16.4 Å². The van der Waals surface area contributed by atoms with Gasteiger partial charge in [0.2, 0.25) is 5.91 Å². The van der Waals surface area contributed by atoms with E-state index >= 15 is 0 Å². The summed E-state index contributed by atoms with van der Waals surface area (Å²) in [6.07, 6.45) is 0. The number of amides is 3. The van der Waals surface area contributed by atoms with Gasteiger partial charge in [-0.15, -0.1) is 0 Å². The Balaban J connectivity index is 1.79. The Kier molecular flexibility index (Phi) is 6.54. The van der Waals surface area contributed by atoms with Crippen LogP contribution < -0.4 is 16.4 Å². The van der Waals surface area contributed by atoms with Gasteiger partial charge in [0.25, 0.3) is 11.8 Å². The minimum absolute atomic E-state index is 0.112. The third-order valence-electron chi connectivity index (χ3n) is 4.34. The van der Waals surface area contributed by atoms with Crippen molar-refractivity contribution >= 4 is 56.6 Å². The quantitative estimate of drug-likeness (QED) is 0.472. The first-order valence-electron chi connectivity index (χ1n) is 8.83. The summed E-state index contributed by atoms with van der Waals surface area (Å²) >= 11 is 9.27. The number of hydrogen-bond donors (Lipinski definition) is 3. The van der Waals surface area contributed by atoms with Crippen LogP contribution in [0.15, 0.2) is 65.1 Å². The highest BCUT2D eigenvalue weighted by Gasteiger charge is 2.13. The van der Waals surface area contributed by atoms with Crippen LogP contribution in [0.1, 0.15) is 36.6 Å². The van der Waals surface area contributed by atoms with E-state index in [4.69, 9.17) is 17.3 Å². The van der Waals surface area contributed by atoms with Crippen molar-refractivity contribution in [3.8, 4) is 0 Å². The second kappa shape index (κ2) is 9.11. The Morgan fingerprint density at radius 2 is 1.50 bits per heavy atom. The lowest BCUT2D eigenvalue weighted by Crippen LogP contribution is -2.16. The number of carbonyl (C=O) groups excluding carboxylic acids is 3. The molecule has 0 aliphatic carbocycles. The molecule has 0 bridgehead atoms. The first kappa shape index (κ1) is 21.5. The van der Waals surface area contributed by atoms with Gasteiger partial charge in [-0.3, -0.25) is 14.4 Å². The summed E-state index contributed by atoms with van der Waals surface area (Å²) in [4.78, 5) is 36.6. The number of rotatable bonds is 5. The molecule has 0 aliphatic heterocycles. The molecule has 3 rings (SSSR count). The van der Waals surface area contributed by atoms with Gasteiger partial charge in [0, 0.05) is 27.0 Å². The molecule has 30 heavy (non-hydrogen) atoms. The van der Waals surface area contributed by atoms with E-state index < -0.39 is 11.8 Å². The van der Waals surface area contributed by atoms with Crippen molar-refractivity contribution in [2.45, 2.75) is 6.92 Å². The van der Waals surface area contributed by atoms with Crippen LogP contribution in [0.5, 0.6) is 0 Å². The highest BCUT2D eigenvalue weighted by molar-refractivity contribution is 9.10. The fraction of sp³-hybridized carbons (Fsp3) is 0.0455. The van der Waals surface area contributed by atoms with Crippen LogP contribution in [0, 0.1) is 6.92 Å². The van der Waals surface area contributed by atoms with Crippen molar-refractivity contribution < 1.29 is 14.4 Å². The number of nitrogens with one attached hydrogen (secondary N) is 2. The van der Waals surface area contributed by atoms with Gasteiger partial charge in [-0.25, -0.2) is 0 Å².